The predicted octanol–water partition coefficient (Wildman–Crippen LogP) is 1.04. The zero-order chi connectivity index (χ0) is 14.7. The van der Waals surface area contributed by atoms with Gasteiger partial charge in [-0.3, -0.25) is 19.7 Å². The number of nitro benzene ring substituents is 1. The first-order chi connectivity index (χ1) is 10.1. The summed E-state index contributed by atoms with van der Waals surface area (Å²) in [5.41, 5.74) is 0.285. The lowest BCUT2D eigenvalue weighted by Gasteiger charge is -2.17. The number of rotatable bonds is 2. The topological polar surface area (TPSA) is 89.8 Å². The average molecular weight is 286 g/mol. The SMILES string of the molecule is O=C1[C@@H]2[C@@H](C(=O)N1c1ccc([N+](=O)[O-])cc1)[C@@H]1C=C[C@@H]2O1. The molecule has 0 saturated carbocycles. The molecule has 0 aliphatic carbocycles. The molecule has 7 nitrogen and oxygen atoms in total. The van der Waals surface area contributed by atoms with Crippen LogP contribution in [0.3, 0.4) is 0 Å². The average Bonchev–Trinajstić information content (AvgIpc) is 3.13. The van der Waals surface area contributed by atoms with E-state index in [9.17, 15) is 19.7 Å². The van der Waals surface area contributed by atoms with Crippen molar-refractivity contribution in [2.45, 2.75) is 12.2 Å². The van der Waals surface area contributed by atoms with Gasteiger partial charge in [0.1, 0.15) is 0 Å². The van der Waals surface area contributed by atoms with Crippen LogP contribution in [0.5, 0.6) is 0 Å². The van der Waals surface area contributed by atoms with E-state index in [0.29, 0.717) is 5.69 Å². The second kappa shape index (κ2) is 3.98. The van der Waals surface area contributed by atoms with Gasteiger partial charge in [-0.05, 0) is 12.1 Å². The van der Waals surface area contributed by atoms with E-state index in [-0.39, 0.29) is 29.7 Å². The van der Waals surface area contributed by atoms with Crippen LogP contribution >= 0.6 is 0 Å². The fraction of sp³-hybridized carbons (Fsp3) is 0.286. The maximum atomic E-state index is 12.5. The first-order valence-electron chi connectivity index (χ1n) is 6.54. The number of ether oxygens (including phenoxy) is 1. The second-order valence-electron chi connectivity index (χ2n) is 5.29. The van der Waals surface area contributed by atoms with Crippen molar-refractivity contribution in [1.29, 1.82) is 0 Å². The summed E-state index contributed by atoms with van der Waals surface area (Å²) in [5, 5.41) is 10.6. The highest BCUT2D eigenvalue weighted by atomic mass is 16.6. The van der Waals surface area contributed by atoms with Gasteiger partial charge in [0.05, 0.1) is 34.7 Å². The lowest BCUT2D eigenvalue weighted by atomic mass is 9.85. The standard InChI is InChI=1S/C14H10N2O5/c17-13-11-9-5-6-10(21-9)12(11)14(18)15(13)7-1-3-8(4-2-7)16(19)20/h1-6,9-12H/t9-,10-,11-,12-/m0/s1. The van der Waals surface area contributed by atoms with Gasteiger partial charge in [0.25, 0.3) is 5.69 Å². The van der Waals surface area contributed by atoms with Crippen molar-refractivity contribution in [3.8, 4) is 0 Å². The summed E-state index contributed by atoms with van der Waals surface area (Å²) in [6.07, 6.45) is 2.96. The molecule has 3 heterocycles. The molecule has 1 aromatic rings. The predicted molar refractivity (Wildman–Crippen MR) is 70.4 cm³/mol. The smallest absolute Gasteiger partial charge is 0.269 e. The number of carbonyl (C=O) groups is 2. The Labute approximate surface area is 118 Å². The fourth-order valence-corrected chi connectivity index (χ4v) is 3.28. The zero-order valence-electron chi connectivity index (χ0n) is 10.7. The first kappa shape index (κ1) is 12.2. The molecule has 21 heavy (non-hydrogen) atoms. The Bertz CT molecular complexity index is 666. The molecule has 0 N–H and O–H groups in total. The Balaban J connectivity index is 1.69. The number of imide groups is 1. The van der Waals surface area contributed by atoms with E-state index in [0.717, 1.165) is 4.90 Å². The number of non-ortho nitro benzene ring substituents is 1. The maximum Gasteiger partial charge on any atom is 0.269 e. The second-order valence-corrected chi connectivity index (χ2v) is 5.29. The summed E-state index contributed by atoms with van der Waals surface area (Å²) in [5.74, 6) is -1.53. The van der Waals surface area contributed by atoms with Crippen molar-refractivity contribution in [1.82, 2.24) is 0 Å². The fourth-order valence-electron chi connectivity index (χ4n) is 3.28. The molecule has 4 atom stereocenters. The Hall–Kier alpha value is -2.54. The maximum absolute atomic E-state index is 12.5. The zero-order valence-corrected chi connectivity index (χ0v) is 10.7. The summed E-state index contributed by atoms with van der Waals surface area (Å²) < 4.78 is 5.55. The molecular weight excluding hydrogens is 276 g/mol. The van der Waals surface area contributed by atoms with Crippen LogP contribution in [0.4, 0.5) is 11.4 Å². The number of anilines is 1. The van der Waals surface area contributed by atoms with Gasteiger partial charge >= 0.3 is 0 Å². The number of hydrogen-bond acceptors (Lipinski definition) is 5. The van der Waals surface area contributed by atoms with Crippen molar-refractivity contribution in [3.05, 3.63) is 46.5 Å². The number of hydrogen-bond donors (Lipinski definition) is 0. The van der Waals surface area contributed by atoms with E-state index >= 15 is 0 Å². The molecule has 0 radical (unpaired) electrons. The van der Waals surface area contributed by atoms with Crippen LogP contribution < -0.4 is 4.90 Å². The minimum absolute atomic E-state index is 0.0805. The van der Waals surface area contributed by atoms with Crippen LogP contribution in [0.25, 0.3) is 0 Å². The van der Waals surface area contributed by atoms with Crippen LogP contribution in [0.15, 0.2) is 36.4 Å². The molecule has 0 spiro atoms. The van der Waals surface area contributed by atoms with Crippen molar-refractivity contribution in [2.75, 3.05) is 4.90 Å². The van der Waals surface area contributed by atoms with E-state index in [1.807, 2.05) is 12.2 Å². The molecule has 106 valence electrons. The molecule has 2 amide bonds. The molecule has 2 fully saturated rings. The van der Waals surface area contributed by atoms with E-state index in [1.165, 1.54) is 24.3 Å². The number of nitrogens with zero attached hydrogens (tertiary/aromatic N) is 2. The molecule has 0 unspecified atom stereocenters. The van der Waals surface area contributed by atoms with Gasteiger partial charge in [-0.2, -0.15) is 0 Å². The van der Waals surface area contributed by atoms with E-state index in [2.05, 4.69) is 0 Å². The van der Waals surface area contributed by atoms with Gasteiger partial charge in [-0.15, -0.1) is 0 Å². The van der Waals surface area contributed by atoms with Gasteiger partial charge < -0.3 is 4.74 Å². The summed E-state index contributed by atoms with van der Waals surface area (Å²) in [7, 11) is 0. The number of fused-ring (bicyclic) bond motifs is 5. The molecule has 2 bridgehead atoms. The monoisotopic (exact) mass is 286 g/mol. The van der Waals surface area contributed by atoms with Crippen molar-refractivity contribution in [3.63, 3.8) is 0 Å². The number of amides is 2. The van der Waals surface area contributed by atoms with E-state index < -0.39 is 16.8 Å². The van der Waals surface area contributed by atoms with Crippen molar-refractivity contribution in [2.24, 2.45) is 11.8 Å². The van der Waals surface area contributed by atoms with Crippen molar-refractivity contribution >= 4 is 23.2 Å². The molecule has 2 saturated heterocycles. The Kier molecular flexibility index (Phi) is 2.32. The van der Waals surface area contributed by atoms with E-state index in [1.54, 1.807) is 0 Å². The first-order valence-corrected chi connectivity index (χ1v) is 6.54. The van der Waals surface area contributed by atoms with Gasteiger partial charge in [0, 0.05) is 12.1 Å². The highest BCUT2D eigenvalue weighted by Gasteiger charge is 2.60. The summed E-state index contributed by atoms with van der Waals surface area (Å²) >= 11 is 0. The van der Waals surface area contributed by atoms with Gasteiger partial charge in [-0.1, -0.05) is 12.2 Å². The minimum Gasteiger partial charge on any atom is -0.365 e. The largest absolute Gasteiger partial charge is 0.365 e. The highest BCUT2D eigenvalue weighted by molar-refractivity contribution is 6.23. The van der Waals surface area contributed by atoms with E-state index in [4.69, 9.17) is 4.74 Å². The lowest BCUT2D eigenvalue weighted by Crippen LogP contribution is -2.34. The molecule has 4 rings (SSSR count). The highest BCUT2D eigenvalue weighted by Crippen LogP contribution is 2.46. The molecular formula is C14H10N2O5. The number of carbonyl (C=O) groups excluding carboxylic acids is 2. The quantitative estimate of drug-likeness (QED) is 0.350. The third kappa shape index (κ3) is 1.52. The molecule has 3 aliphatic heterocycles. The Morgan fingerprint density at radius 2 is 1.52 bits per heavy atom. The lowest BCUT2D eigenvalue weighted by molar-refractivity contribution is -0.384. The number of benzene rings is 1. The third-order valence-electron chi connectivity index (χ3n) is 4.23. The van der Waals surface area contributed by atoms with Crippen LogP contribution in [0.2, 0.25) is 0 Å². The molecule has 7 heteroatoms. The van der Waals surface area contributed by atoms with Gasteiger partial charge in [-0.25, -0.2) is 4.90 Å². The Morgan fingerprint density at radius 1 is 1.00 bits per heavy atom. The van der Waals surface area contributed by atoms with Crippen LogP contribution in [-0.4, -0.2) is 28.9 Å². The Morgan fingerprint density at radius 3 is 2.00 bits per heavy atom. The van der Waals surface area contributed by atoms with Crippen LogP contribution in [-0.2, 0) is 14.3 Å². The van der Waals surface area contributed by atoms with Crippen LogP contribution in [0.1, 0.15) is 0 Å². The summed E-state index contributed by atoms with van der Waals surface area (Å²) in [6, 6.07) is 5.41. The van der Waals surface area contributed by atoms with Crippen molar-refractivity contribution < 1.29 is 19.2 Å². The molecule has 3 aliphatic rings. The minimum atomic E-state index is -0.524. The summed E-state index contributed by atoms with van der Waals surface area (Å²) in [6.45, 7) is 0. The molecule has 0 aromatic heterocycles. The van der Waals surface area contributed by atoms with Gasteiger partial charge in [0.2, 0.25) is 11.8 Å². The third-order valence-corrected chi connectivity index (χ3v) is 4.23. The van der Waals surface area contributed by atoms with Gasteiger partial charge in [0.15, 0.2) is 0 Å². The number of nitro groups is 1. The van der Waals surface area contributed by atoms with Crippen LogP contribution in [0, 0.1) is 22.0 Å². The normalized spacial score (nSPS) is 32.9. The molecule has 1 aromatic carbocycles. The summed E-state index contributed by atoms with van der Waals surface area (Å²) in [4.78, 5) is 36.2.